The highest BCUT2D eigenvalue weighted by molar-refractivity contribution is 5.76. The third kappa shape index (κ3) is 2.69. The fourth-order valence-electron chi connectivity index (χ4n) is 2.68. The van der Waals surface area contributed by atoms with Crippen LogP contribution in [0.1, 0.15) is 38.5 Å². The minimum Gasteiger partial charge on any atom is -0.369 e. The van der Waals surface area contributed by atoms with Gasteiger partial charge in [-0.1, -0.05) is 0 Å². The molecule has 0 aromatic rings. The molecule has 5 N–H and O–H groups in total. The highest BCUT2D eigenvalue weighted by Crippen LogP contribution is 2.26. The number of amides is 1. The second-order valence-electron chi connectivity index (χ2n) is 5.05. The van der Waals surface area contributed by atoms with Gasteiger partial charge >= 0.3 is 0 Å². The van der Waals surface area contributed by atoms with Crippen molar-refractivity contribution >= 4 is 5.91 Å². The fraction of sp³-hybridized carbons (Fsp3) is 0.909. The summed E-state index contributed by atoms with van der Waals surface area (Å²) in [5, 5.41) is 3.61. The van der Waals surface area contributed by atoms with Crippen molar-refractivity contribution < 1.29 is 4.79 Å². The third-order valence-electron chi connectivity index (χ3n) is 3.78. The van der Waals surface area contributed by atoms with Crippen molar-refractivity contribution in [1.29, 1.82) is 0 Å². The van der Waals surface area contributed by atoms with E-state index in [4.69, 9.17) is 11.5 Å². The molecule has 0 atom stereocenters. The minimum absolute atomic E-state index is 0.117. The lowest BCUT2D eigenvalue weighted by Gasteiger charge is -2.38. The maximum absolute atomic E-state index is 11.0. The zero-order chi connectivity index (χ0) is 10.8. The molecule has 0 saturated heterocycles. The summed E-state index contributed by atoms with van der Waals surface area (Å²) in [6, 6.07) is 1.61. The first-order valence-corrected chi connectivity index (χ1v) is 5.96. The minimum atomic E-state index is -0.126. The molecule has 2 aliphatic carbocycles. The van der Waals surface area contributed by atoms with Crippen molar-refractivity contribution in [3.8, 4) is 0 Å². The van der Waals surface area contributed by atoms with E-state index in [1.807, 2.05) is 0 Å². The van der Waals surface area contributed by atoms with Crippen LogP contribution >= 0.6 is 0 Å². The smallest absolute Gasteiger partial charge is 0.220 e. The van der Waals surface area contributed by atoms with Gasteiger partial charge in [-0.3, -0.25) is 4.79 Å². The van der Waals surface area contributed by atoms with Crippen LogP contribution in [0.2, 0.25) is 0 Å². The Morgan fingerprint density at radius 3 is 2.13 bits per heavy atom. The molecular formula is C11H21N3O. The molecule has 2 rings (SSSR count). The predicted octanol–water partition coefficient (Wildman–Crippen LogP) is 0.110. The van der Waals surface area contributed by atoms with Crippen molar-refractivity contribution in [3.63, 3.8) is 0 Å². The highest BCUT2D eigenvalue weighted by atomic mass is 16.1. The van der Waals surface area contributed by atoms with Gasteiger partial charge in [-0.15, -0.1) is 0 Å². The lowest BCUT2D eigenvalue weighted by atomic mass is 9.82. The topological polar surface area (TPSA) is 81.1 Å². The number of hydrogen-bond donors (Lipinski definition) is 3. The average Bonchev–Trinajstić information content (AvgIpc) is 2.16. The van der Waals surface area contributed by atoms with Crippen LogP contribution in [0.25, 0.3) is 0 Å². The van der Waals surface area contributed by atoms with E-state index in [2.05, 4.69) is 5.32 Å². The first-order chi connectivity index (χ1) is 7.15. The summed E-state index contributed by atoms with van der Waals surface area (Å²) in [6.45, 7) is 0. The summed E-state index contributed by atoms with van der Waals surface area (Å²) < 4.78 is 0. The monoisotopic (exact) mass is 211 g/mol. The van der Waals surface area contributed by atoms with Gasteiger partial charge in [0, 0.05) is 24.0 Å². The zero-order valence-electron chi connectivity index (χ0n) is 9.11. The third-order valence-corrected chi connectivity index (χ3v) is 3.78. The van der Waals surface area contributed by atoms with Gasteiger partial charge in [-0.25, -0.2) is 0 Å². The van der Waals surface area contributed by atoms with Gasteiger partial charge in [-0.2, -0.15) is 0 Å². The molecule has 0 aliphatic heterocycles. The SMILES string of the molecule is NC(=O)C1CCC(NC2CC(N)C2)CC1. The molecule has 4 heteroatoms. The molecule has 0 spiro atoms. The van der Waals surface area contributed by atoms with Crippen molar-refractivity contribution in [1.82, 2.24) is 5.32 Å². The fourth-order valence-corrected chi connectivity index (χ4v) is 2.68. The first-order valence-electron chi connectivity index (χ1n) is 5.96. The maximum atomic E-state index is 11.0. The number of nitrogens with two attached hydrogens (primary N) is 2. The molecule has 4 nitrogen and oxygen atoms in total. The molecule has 2 aliphatic rings. The van der Waals surface area contributed by atoms with Crippen LogP contribution in [0.15, 0.2) is 0 Å². The summed E-state index contributed by atoms with van der Waals surface area (Å²) in [5.41, 5.74) is 11.0. The van der Waals surface area contributed by atoms with Crippen molar-refractivity contribution in [3.05, 3.63) is 0 Å². The molecule has 0 heterocycles. The Labute approximate surface area is 90.8 Å². The number of primary amides is 1. The van der Waals surface area contributed by atoms with Crippen LogP contribution < -0.4 is 16.8 Å². The zero-order valence-corrected chi connectivity index (χ0v) is 9.11. The molecule has 86 valence electrons. The lowest BCUT2D eigenvalue weighted by Crippen LogP contribution is -2.52. The Morgan fingerprint density at radius 2 is 1.67 bits per heavy atom. The molecule has 0 unspecified atom stereocenters. The molecule has 0 aromatic carbocycles. The Hall–Kier alpha value is -0.610. The van der Waals surface area contributed by atoms with E-state index >= 15 is 0 Å². The van der Waals surface area contributed by atoms with Crippen molar-refractivity contribution in [2.24, 2.45) is 17.4 Å². The summed E-state index contributed by atoms with van der Waals surface area (Å²) in [4.78, 5) is 11.0. The van der Waals surface area contributed by atoms with Gasteiger partial charge in [0.05, 0.1) is 0 Å². The molecular weight excluding hydrogens is 190 g/mol. The Bertz CT molecular complexity index is 230. The summed E-state index contributed by atoms with van der Waals surface area (Å²) in [6.07, 6.45) is 6.28. The molecule has 15 heavy (non-hydrogen) atoms. The van der Waals surface area contributed by atoms with Gasteiger partial charge < -0.3 is 16.8 Å². The number of carbonyl (C=O) groups excluding carboxylic acids is 1. The number of carbonyl (C=O) groups is 1. The van der Waals surface area contributed by atoms with E-state index in [1.165, 1.54) is 0 Å². The van der Waals surface area contributed by atoms with Crippen molar-refractivity contribution in [2.75, 3.05) is 0 Å². The summed E-state index contributed by atoms with van der Waals surface area (Å²) in [5.74, 6) is -0.00851. The molecule has 2 saturated carbocycles. The first kappa shape index (κ1) is 10.9. The van der Waals surface area contributed by atoms with E-state index in [1.54, 1.807) is 0 Å². The van der Waals surface area contributed by atoms with Gasteiger partial charge in [0.15, 0.2) is 0 Å². The van der Waals surface area contributed by atoms with E-state index in [9.17, 15) is 4.79 Å². The number of rotatable bonds is 3. The predicted molar refractivity (Wildman–Crippen MR) is 59.1 cm³/mol. The van der Waals surface area contributed by atoms with Crippen LogP contribution in [0.3, 0.4) is 0 Å². The normalized spacial score (nSPS) is 40.9. The molecule has 0 radical (unpaired) electrons. The maximum Gasteiger partial charge on any atom is 0.220 e. The Morgan fingerprint density at radius 1 is 1.07 bits per heavy atom. The number of hydrogen-bond acceptors (Lipinski definition) is 3. The summed E-state index contributed by atoms with van der Waals surface area (Å²) >= 11 is 0. The number of nitrogens with one attached hydrogen (secondary N) is 1. The Balaban J connectivity index is 1.67. The van der Waals surface area contributed by atoms with Gasteiger partial charge in [0.1, 0.15) is 0 Å². The average molecular weight is 211 g/mol. The summed E-state index contributed by atoms with van der Waals surface area (Å²) in [7, 11) is 0. The quantitative estimate of drug-likeness (QED) is 0.619. The molecule has 0 bridgehead atoms. The van der Waals surface area contributed by atoms with Crippen LogP contribution in [0.5, 0.6) is 0 Å². The van der Waals surface area contributed by atoms with Crippen LogP contribution in [-0.2, 0) is 4.79 Å². The van der Waals surface area contributed by atoms with Gasteiger partial charge in [0.2, 0.25) is 5.91 Å². The van der Waals surface area contributed by atoms with Crippen LogP contribution in [0, 0.1) is 5.92 Å². The second kappa shape index (κ2) is 4.49. The van der Waals surface area contributed by atoms with Gasteiger partial charge in [-0.05, 0) is 38.5 Å². The van der Waals surface area contributed by atoms with E-state index in [-0.39, 0.29) is 11.8 Å². The van der Waals surface area contributed by atoms with E-state index in [0.29, 0.717) is 18.1 Å². The van der Waals surface area contributed by atoms with Gasteiger partial charge in [0.25, 0.3) is 0 Å². The molecule has 1 amide bonds. The van der Waals surface area contributed by atoms with Crippen molar-refractivity contribution in [2.45, 2.75) is 56.7 Å². The van der Waals surface area contributed by atoms with Crippen LogP contribution in [-0.4, -0.2) is 24.0 Å². The molecule has 0 aromatic heterocycles. The van der Waals surface area contributed by atoms with E-state index < -0.39 is 0 Å². The van der Waals surface area contributed by atoms with E-state index in [0.717, 1.165) is 38.5 Å². The Kier molecular flexibility index (Phi) is 3.26. The second-order valence-corrected chi connectivity index (χ2v) is 5.05. The molecule has 2 fully saturated rings. The van der Waals surface area contributed by atoms with Crippen LogP contribution in [0.4, 0.5) is 0 Å². The standard InChI is InChI=1S/C11H21N3O/c12-8-5-10(6-8)14-9-3-1-7(2-4-9)11(13)15/h7-10,14H,1-6,12H2,(H2,13,15). The lowest BCUT2D eigenvalue weighted by molar-refractivity contribution is -0.122. The highest BCUT2D eigenvalue weighted by Gasteiger charge is 2.30. The largest absolute Gasteiger partial charge is 0.369 e.